The van der Waals surface area contributed by atoms with Crippen LogP contribution in [-0.4, -0.2) is 16.0 Å². The molecule has 0 fully saturated rings. The molecule has 0 aliphatic rings. The van der Waals surface area contributed by atoms with Gasteiger partial charge in [0.25, 0.3) is 0 Å². The van der Waals surface area contributed by atoms with Gasteiger partial charge in [0.05, 0.1) is 12.1 Å². The summed E-state index contributed by atoms with van der Waals surface area (Å²) in [6.45, 7) is 9.64. The van der Waals surface area contributed by atoms with Crippen molar-refractivity contribution in [2.75, 3.05) is 5.32 Å². The van der Waals surface area contributed by atoms with Gasteiger partial charge < -0.3 is 14.3 Å². The van der Waals surface area contributed by atoms with E-state index in [1.165, 1.54) is 0 Å². The Morgan fingerprint density at radius 1 is 1.35 bits per heavy atom. The Kier molecular flexibility index (Phi) is 3.65. The molecule has 20 heavy (non-hydrogen) atoms. The molecular weight excluding hydrogens is 258 g/mol. The van der Waals surface area contributed by atoms with Crippen LogP contribution in [0.2, 0.25) is 0 Å². The molecule has 0 saturated heterocycles. The van der Waals surface area contributed by atoms with Gasteiger partial charge in [-0.05, 0) is 13.8 Å². The van der Waals surface area contributed by atoms with E-state index in [1.54, 1.807) is 13.0 Å². The summed E-state index contributed by atoms with van der Waals surface area (Å²) < 4.78 is 10.6. The van der Waals surface area contributed by atoms with Crippen molar-refractivity contribution in [1.29, 1.82) is 0 Å². The third kappa shape index (κ3) is 3.26. The first-order valence-electron chi connectivity index (χ1n) is 6.45. The lowest BCUT2D eigenvalue weighted by atomic mass is 9.97. The molecule has 1 N–H and O–H groups in total. The normalized spacial score (nSPS) is 11.7. The van der Waals surface area contributed by atoms with E-state index in [1.807, 2.05) is 27.7 Å². The van der Waals surface area contributed by atoms with Gasteiger partial charge in [-0.25, -0.2) is 4.98 Å². The fraction of sp³-hybridized carbons (Fsp3) is 0.500. The predicted molar refractivity (Wildman–Crippen MR) is 73.5 cm³/mol. The maximum absolute atomic E-state index is 11.9. The van der Waals surface area contributed by atoms with Crippen LogP contribution < -0.4 is 5.32 Å². The van der Waals surface area contributed by atoms with Crippen LogP contribution in [-0.2, 0) is 16.6 Å². The number of aryl methyl sites for hydroxylation is 2. The minimum Gasteiger partial charge on any atom is -0.444 e. The van der Waals surface area contributed by atoms with Gasteiger partial charge in [-0.1, -0.05) is 25.9 Å². The van der Waals surface area contributed by atoms with E-state index >= 15 is 0 Å². The number of hydrogen-bond acceptors (Lipinski definition) is 5. The quantitative estimate of drug-likeness (QED) is 0.932. The highest BCUT2D eigenvalue weighted by molar-refractivity contribution is 5.91. The molecule has 2 rings (SSSR count). The van der Waals surface area contributed by atoms with Gasteiger partial charge in [0, 0.05) is 11.5 Å². The molecule has 0 unspecified atom stereocenters. The summed E-state index contributed by atoms with van der Waals surface area (Å²) in [5.74, 6) is 2.05. The molecule has 0 aliphatic carbocycles. The third-order valence-electron chi connectivity index (χ3n) is 2.75. The van der Waals surface area contributed by atoms with Gasteiger partial charge >= 0.3 is 0 Å². The van der Waals surface area contributed by atoms with Gasteiger partial charge in [0.2, 0.25) is 5.91 Å². The summed E-state index contributed by atoms with van der Waals surface area (Å²) in [5.41, 5.74) is 0.560. The molecule has 1 amide bonds. The van der Waals surface area contributed by atoms with Crippen molar-refractivity contribution in [3.63, 3.8) is 0 Å². The molecule has 0 aromatic carbocycles. The molecule has 108 valence electrons. The molecule has 0 saturated carbocycles. The number of carbonyl (C=O) groups is 1. The SMILES string of the molecule is Cc1cc(NC(=O)Cc2oc(C(C)(C)C)nc2C)no1. The predicted octanol–water partition coefficient (Wildman–Crippen LogP) is 2.76. The third-order valence-corrected chi connectivity index (χ3v) is 2.75. The Balaban J connectivity index is 2.06. The maximum Gasteiger partial charge on any atom is 0.233 e. The van der Waals surface area contributed by atoms with E-state index in [0.717, 1.165) is 5.69 Å². The van der Waals surface area contributed by atoms with E-state index in [9.17, 15) is 4.79 Å². The zero-order chi connectivity index (χ0) is 14.9. The molecule has 2 aromatic rings. The second-order valence-electron chi connectivity index (χ2n) is 5.83. The number of hydrogen-bond donors (Lipinski definition) is 1. The first-order chi connectivity index (χ1) is 9.25. The topological polar surface area (TPSA) is 81.2 Å². The molecule has 2 heterocycles. The van der Waals surface area contributed by atoms with Gasteiger partial charge in [-0.3, -0.25) is 4.79 Å². The van der Waals surface area contributed by atoms with E-state index in [4.69, 9.17) is 8.94 Å². The van der Waals surface area contributed by atoms with Gasteiger partial charge in [0.1, 0.15) is 11.5 Å². The smallest absolute Gasteiger partial charge is 0.233 e. The summed E-state index contributed by atoms with van der Waals surface area (Å²) in [7, 11) is 0. The van der Waals surface area contributed by atoms with Crippen molar-refractivity contribution in [3.8, 4) is 0 Å². The Hall–Kier alpha value is -2.11. The first-order valence-corrected chi connectivity index (χ1v) is 6.45. The number of carbonyl (C=O) groups excluding carboxylic acids is 1. The van der Waals surface area contributed by atoms with Crippen LogP contribution in [0.25, 0.3) is 0 Å². The molecule has 0 atom stereocenters. The van der Waals surface area contributed by atoms with E-state index in [0.29, 0.717) is 23.2 Å². The number of oxazole rings is 1. The molecule has 0 aliphatic heterocycles. The number of aromatic nitrogens is 2. The average Bonchev–Trinajstić information content (AvgIpc) is 2.86. The van der Waals surface area contributed by atoms with Crippen molar-refractivity contribution >= 4 is 11.7 Å². The van der Waals surface area contributed by atoms with Crippen molar-refractivity contribution in [1.82, 2.24) is 10.1 Å². The van der Waals surface area contributed by atoms with Crippen LogP contribution in [0.1, 0.15) is 43.9 Å². The van der Waals surface area contributed by atoms with Crippen LogP contribution >= 0.6 is 0 Å². The summed E-state index contributed by atoms with van der Waals surface area (Å²) in [6, 6.07) is 1.66. The second-order valence-corrected chi connectivity index (χ2v) is 5.83. The van der Waals surface area contributed by atoms with Crippen LogP contribution in [0.4, 0.5) is 5.82 Å². The van der Waals surface area contributed by atoms with Crippen molar-refractivity contribution in [2.45, 2.75) is 46.5 Å². The van der Waals surface area contributed by atoms with Crippen LogP contribution in [0.3, 0.4) is 0 Å². The van der Waals surface area contributed by atoms with Crippen molar-refractivity contribution in [2.24, 2.45) is 0 Å². The summed E-state index contributed by atoms with van der Waals surface area (Å²) in [5, 5.41) is 6.37. The lowest BCUT2D eigenvalue weighted by molar-refractivity contribution is -0.115. The number of nitrogens with one attached hydrogen (secondary N) is 1. The Morgan fingerprint density at radius 2 is 2.05 bits per heavy atom. The van der Waals surface area contributed by atoms with E-state index in [2.05, 4.69) is 15.5 Å². The second kappa shape index (κ2) is 5.11. The van der Waals surface area contributed by atoms with E-state index in [-0.39, 0.29) is 17.7 Å². The minimum absolute atomic E-state index is 0.126. The Morgan fingerprint density at radius 3 is 2.55 bits per heavy atom. The van der Waals surface area contributed by atoms with E-state index < -0.39 is 0 Å². The molecule has 6 nitrogen and oxygen atoms in total. The molecule has 0 radical (unpaired) electrons. The highest BCUT2D eigenvalue weighted by Gasteiger charge is 2.23. The van der Waals surface area contributed by atoms with Crippen molar-refractivity contribution in [3.05, 3.63) is 29.2 Å². The van der Waals surface area contributed by atoms with Crippen LogP contribution in [0.15, 0.2) is 15.0 Å². The maximum atomic E-state index is 11.9. The summed E-state index contributed by atoms with van der Waals surface area (Å²) >= 11 is 0. The first kappa shape index (κ1) is 14.3. The fourth-order valence-corrected chi connectivity index (χ4v) is 1.67. The van der Waals surface area contributed by atoms with Crippen molar-refractivity contribution < 1.29 is 13.7 Å². The number of amides is 1. The molecule has 2 aromatic heterocycles. The Bertz CT molecular complexity index is 620. The fourth-order valence-electron chi connectivity index (χ4n) is 1.67. The largest absolute Gasteiger partial charge is 0.444 e. The van der Waals surface area contributed by atoms with Gasteiger partial charge in [-0.15, -0.1) is 0 Å². The monoisotopic (exact) mass is 277 g/mol. The lowest BCUT2D eigenvalue weighted by Gasteiger charge is -2.12. The number of anilines is 1. The Labute approximate surface area is 117 Å². The molecular formula is C14H19N3O3. The lowest BCUT2D eigenvalue weighted by Crippen LogP contribution is -2.14. The number of rotatable bonds is 3. The summed E-state index contributed by atoms with van der Waals surface area (Å²) in [4.78, 5) is 16.3. The van der Waals surface area contributed by atoms with Crippen LogP contribution in [0.5, 0.6) is 0 Å². The molecule has 6 heteroatoms. The zero-order valence-corrected chi connectivity index (χ0v) is 12.4. The molecule has 0 bridgehead atoms. The zero-order valence-electron chi connectivity index (χ0n) is 12.4. The van der Waals surface area contributed by atoms with Gasteiger partial charge in [0.15, 0.2) is 11.7 Å². The van der Waals surface area contributed by atoms with Crippen LogP contribution in [0, 0.1) is 13.8 Å². The number of nitrogens with zero attached hydrogens (tertiary/aromatic N) is 2. The minimum atomic E-state index is -0.210. The highest BCUT2D eigenvalue weighted by atomic mass is 16.5. The standard InChI is InChI=1S/C14H19N3O3/c1-8-6-11(17-20-8)16-12(18)7-10-9(2)15-13(19-10)14(3,4)5/h6H,7H2,1-5H3,(H,16,17,18). The van der Waals surface area contributed by atoms with Gasteiger partial charge in [-0.2, -0.15) is 0 Å². The summed E-state index contributed by atoms with van der Waals surface area (Å²) in [6.07, 6.45) is 0.126. The highest BCUT2D eigenvalue weighted by Crippen LogP contribution is 2.24. The average molecular weight is 277 g/mol. The molecule has 0 spiro atoms.